The van der Waals surface area contributed by atoms with Crippen LogP contribution in [-0.4, -0.2) is 18.1 Å². The van der Waals surface area contributed by atoms with E-state index in [9.17, 15) is 0 Å². The standard InChI is InChI=1S/C10H15ClN2/c1-7(8(2)12-3)10-9(11)5-4-6-13-10/h4-8,12H,1-3H3. The van der Waals surface area contributed by atoms with Gasteiger partial charge in [0.2, 0.25) is 0 Å². The summed E-state index contributed by atoms with van der Waals surface area (Å²) in [5, 5.41) is 3.94. The molecule has 0 saturated heterocycles. The normalized spacial score (nSPS) is 15.4. The van der Waals surface area contributed by atoms with Crippen LogP contribution in [0, 0.1) is 0 Å². The summed E-state index contributed by atoms with van der Waals surface area (Å²) >= 11 is 6.03. The Balaban J connectivity index is 2.88. The zero-order chi connectivity index (χ0) is 9.84. The van der Waals surface area contributed by atoms with Crippen LogP contribution in [0.25, 0.3) is 0 Å². The summed E-state index contributed by atoms with van der Waals surface area (Å²) in [6.45, 7) is 4.24. The van der Waals surface area contributed by atoms with E-state index >= 15 is 0 Å². The predicted molar refractivity (Wildman–Crippen MR) is 56.2 cm³/mol. The minimum atomic E-state index is 0.332. The van der Waals surface area contributed by atoms with Crippen molar-refractivity contribution >= 4 is 11.6 Å². The third-order valence-electron chi connectivity index (χ3n) is 2.42. The maximum absolute atomic E-state index is 6.03. The quantitative estimate of drug-likeness (QED) is 0.807. The molecule has 0 amide bonds. The molecular weight excluding hydrogens is 184 g/mol. The Kier molecular flexibility index (Phi) is 3.70. The number of pyridine rings is 1. The highest BCUT2D eigenvalue weighted by atomic mass is 35.5. The lowest BCUT2D eigenvalue weighted by molar-refractivity contribution is 0.515. The van der Waals surface area contributed by atoms with Crippen LogP contribution in [0.2, 0.25) is 5.02 Å². The van der Waals surface area contributed by atoms with Gasteiger partial charge in [0, 0.05) is 18.2 Å². The van der Waals surface area contributed by atoms with Crippen LogP contribution in [-0.2, 0) is 0 Å². The lowest BCUT2D eigenvalue weighted by Crippen LogP contribution is -2.27. The number of nitrogens with zero attached hydrogens (tertiary/aromatic N) is 1. The molecule has 1 rings (SSSR count). The van der Waals surface area contributed by atoms with Crippen molar-refractivity contribution in [3.63, 3.8) is 0 Å². The van der Waals surface area contributed by atoms with Crippen LogP contribution in [0.4, 0.5) is 0 Å². The van der Waals surface area contributed by atoms with Gasteiger partial charge >= 0.3 is 0 Å². The molecule has 0 radical (unpaired) electrons. The molecule has 0 aliphatic rings. The molecule has 3 heteroatoms. The number of aromatic nitrogens is 1. The Morgan fingerprint density at radius 1 is 1.46 bits per heavy atom. The minimum absolute atomic E-state index is 0.332. The van der Waals surface area contributed by atoms with Crippen LogP contribution in [0.3, 0.4) is 0 Å². The van der Waals surface area contributed by atoms with Crippen molar-refractivity contribution < 1.29 is 0 Å². The summed E-state index contributed by atoms with van der Waals surface area (Å²) in [7, 11) is 1.94. The molecule has 2 unspecified atom stereocenters. The molecule has 1 aromatic heterocycles. The predicted octanol–water partition coefficient (Wildman–Crippen LogP) is 2.45. The molecule has 13 heavy (non-hydrogen) atoms. The number of hydrogen-bond acceptors (Lipinski definition) is 2. The topological polar surface area (TPSA) is 24.9 Å². The lowest BCUT2D eigenvalue weighted by atomic mass is 9.99. The van der Waals surface area contributed by atoms with Gasteiger partial charge in [-0.2, -0.15) is 0 Å². The molecule has 0 fully saturated rings. The first-order valence-corrected chi connectivity index (χ1v) is 4.82. The van der Waals surface area contributed by atoms with Crippen LogP contribution in [0.5, 0.6) is 0 Å². The summed E-state index contributed by atoms with van der Waals surface area (Å²) in [6, 6.07) is 4.11. The van der Waals surface area contributed by atoms with Gasteiger partial charge in [0.1, 0.15) is 0 Å². The zero-order valence-corrected chi connectivity index (χ0v) is 8.97. The fourth-order valence-corrected chi connectivity index (χ4v) is 1.51. The molecule has 1 aromatic rings. The highest BCUT2D eigenvalue weighted by Gasteiger charge is 2.15. The Morgan fingerprint density at radius 3 is 2.69 bits per heavy atom. The van der Waals surface area contributed by atoms with Gasteiger partial charge in [-0.05, 0) is 26.1 Å². The molecule has 1 heterocycles. The van der Waals surface area contributed by atoms with Gasteiger partial charge in [-0.25, -0.2) is 0 Å². The highest BCUT2D eigenvalue weighted by molar-refractivity contribution is 6.31. The van der Waals surface area contributed by atoms with E-state index < -0.39 is 0 Å². The average Bonchev–Trinajstić information content (AvgIpc) is 2.16. The van der Waals surface area contributed by atoms with Crippen molar-refractivity contribution in [1.29, 1.82) is 0 Å². The number of rotatable bonds is 3. The van der Waals surface area contributed by atoms with E-state index in [0.717, 1.165) is 10.7 Å². The first-order valence-electron chi connectivity index (χ1n) is 4.44. The number of nitrogens with one attached hydrogen (secondary N) is 1. The van der Waals surface area contributed by atoms with E-state index in [1.54, 1.807) is 6.20 Å². The second kappa shape index (κ2) is 4.58. The third-order valence-corrected chi connectivity index (χ3v) is 2.74. The number of hydrogen-bond donors (Lipinski definition) is 1. The van der Waals surface area contributed by atoms with Gasteiger partial charge in [-0.1, -0.05) is 18.5 Å². The van der Waals surface area contributed by atoms with E-state index in [-0.39, 0.29) is 0 Å². The van der Waals surface area contributed by atoms with Crippen molar-refractivity contribution in [3.05, 3.63) is 29.0 Å². The fraction of sp³-hybridized carbons (Fsp3) is 0.500. The molecular formula is C10H15ClN2. The second-order valence-corrected chi connectivity index (χ2v) is 3.64. The minimum Gasteiger partial charge on any atom is -0.317 e. The van der Waals surface area contributed by atoms with Crippen LogP contribution >= 0.6 is 11.6 Å². The van der Waals surface area contributed by atoms with E-state index in [1.165, 1.54) is 0 Å². The molecule has 2 atom stereocenters. The number of halogens is 1. The van der Waals surface area contributed by atoms with Gasteiger partial charge in [0.25, 0.3) is 0 Å². The molecule has 2 nitrogen and oxygen atoms in total. The van der Waals surface area contributed by atoms with Crippen molar-refractivity contribution in [3.8, 4) is 0 Å². The molecule has 0 bridgehead atoms. The monoisotopic (exact) mass is 198 g/mol. The first-order chi connectivity index (χ1) is 6.16. The van der Waals surface area contributed by atoms with Gasteiger partial charge in [-0.15, -0.1) is 0 Å². The number of likely N-dealkylation sites (N-methyl/N-ethyl adjacent to an activating group) is 1. The van der Waals surface area contributed by atoms with E-state index in [4.69, 9.17) is 11.6 Å². The fourth-order valence-electron chi connectivity index (χ4n) is 1.22. The largest absolute Gasteiger partial charge is 0.317 e. The maximum atomic E-state index is 6.03. The molecule has 0 aromatic carbocycles. The molecule has 0 aliphatic carbocycles. The van der Waals surface area contributed by atoms with Crippen LogP contribution in [0.1, 0.15) is 25.5 Å². The molecule has 1 N–H and O–H groups in total. The van der Waals surface area contributed by atoms with Crippen molar-refractivity contribution in [2.24, 2.45) is 0 Å². The van der Waals surface area contributed by atoms with E-state index in [0.29, 0.717) is 12.0 Å². The Morgan fingerprint density at radius 2 is 2.15 bits per heavy atom. The van der Waals surface area contributed by atoms with Crippen molar-refractivity contribution in [1.82, 2.24) is 10.3 Å². The third kappa shape index (κ3) is 2.42. The second-order valence-electron chi connectivity index (χ2n) is 3.24. The Labute approximate surface area is 84.3 Å². The SMILES string of the molecule is CNC(C)C(C)c1ncccc1Cl. The molecule has 0 aliphatic heterocycles. The smallest absolute Gasteiger partial charge is 0.0633 e. The maximum Gasteiger partial charge on any atom is 0.0633 e. The van der Waals surface area contributed by atoms with Crippen molar-refractivity contribution in [2.75, 3.05) is 7.05 Å². The Hall–Kier alpha value is -0.600. The summed E-state index contributed by atoms with van der Waals surface area (Å²) in [6.07, 6.45) is 1.78. The van der Waals surface area contributed by atoms with Gasteiger partial charge < -0.3 is 5.32 Å². The van der Waals surface area contributed by atoms with Crippen LogP contribution in [0.15, 0.2) is 18.3 Å². The van der Waals surface area contributed by atoms with Gasteiger partial charge in [-0.3, -0.25) is 4.98 Å². The van der Waals surface area contributed by atoms with Crippen molar-refractivity contribution in [2.45, 2.75) is 25.8 Å². The first kappa shape index (κ1) is 10.5. The molecule has 0 spiro atoms. The summed E-state index contributed by atoms with van der Waals surface area (Å²) in [4.78, 5) is 4.28. The lowest BCUT2D eigenvalue weighted by Gasteiger charge is -2.19. The Bertz CT molecular complexity index is 275. The van der Waals surface area contributed by atoms with Gasteiger partial charge in [0.15, 0.2) is 0 Å². The van der Waals surface area contributed by atoms with E-state index in [2.05, 4.69) is 24.1 Å². The molecule has 72 valence electrons. The van der Waals surface area contributed by atoms with E-state index in [1.807, 2.05) is 19.2 Å². The summed E-state index contributed by atoms with van der Waals surface area (Å²) < 4.78 is 0. The highest BCUT2D eigenvalue weighted by Crippen LogP contribution is 2.23. The summed E-state index contributed by atoms with van der Waals surface area (Å²) in [5.41, 5.74) is 0.964. The summed E-state index contributed by atoms with van der Waals surface area (Å²) in [5.74, 6) is 0.332. The van der Waals surface area contributed by atoms with Gasteiger partial charge in [0.05, 0.1) is 10.7 Å². The zero-order valence-electron chi connectivity index (χ0n) is 8.21. The van der Waals surface area contributed by atoms with Crippen LogP contribution < -0.4 is 5.32 Å². The molecule has 0 saturated carbocycles. The average molecular weight is 199 g/mol.